The zero-order valence-electron chi connectivity index (χ0n) is 7.26. The summed E-state index contributed by atoms with van der Waals surface area (Å²) in [5, 5.41) is 0. The number of nitrogens with zero attached hydrogens (tertiary/aromatic N) is 1. The predicted octanol–water partition coefficient (Wildman–Crippen LogP) is 2.58. The minimum Gasteiger partial charge on any atom is -0.446 e. The molecule has 1 aromatic rings. The third-order valence-corrected chi connectivity index (χ3v) is 1.68. The van der Waals surface area contributed by atoms with E-state index in [2.05, 4.69) is 18.8 Å². The van der Waals surface area contributed by atoms with Crippen LogP contribution in [0.5, 0.6) is 0 Å². The quantitative estimate of drug-likeness (QED) is 0.664. The molecule has 0 unspecified atom stereocenters. The van der Waals surface area contributed by atoms with Gasteiger partial charge in [-0.1, -0.05) is 20.3 Å². The van der Waals surface area contributed by atoms with Gasteiger partial charge < -0.3 is 4.42 Å². The molecule has 11 heavy (non-hydrogen) atoms. The van der Waals surface area contributed by atoms with Crippen LogP contribution >= 0.6 is 0 Å². The molecule has 1 heterocycles. The first kappa shape index (κ1) is 8.31. The third-order valence-electron chi connectivity index (χ3n) is 1.68. The van der Waals surface area contributed by atoms with Gasteiger partial charge in [0.1, 0.15) is 5.76 Å². The highest BCUT2D eigenvalue weighted by Crippen LogP contribution is 2.07. The van der Waals surface area contributed by atoms with E-state index < -0.39 is 0 Å². The summed E-state index contributed by atoms with van der Waals surface area (Å²) in [5.74, 6) is 1.89. The van der Waals surface area contributed by atoms with Gasteiger partial charge in [0.2, 0.25) is 0 Å². The molecule has 2 nitrogen and oxygen atoms in total. The molecule has 0 radical (unpaired) electrons. The van der Waals surface area contributed by atoms with Crippen LogP contribution in [0.3, 0.4) is 0 Å². The number of hydrogen-bond donors (Lipinski definition) is 0. The van der Waals surface area contributed by atoms with Gasteiger partial charge in [-0.05, 0) is 6.42 Å². The van der Waals surface area contributed by atoms with Crippen LogP contribution in [-0.2, 0) is 12.8 Å². The number of aromatic nitrogens is 1. The van der Waals surface area contributed by atoms with Crippen molar-refractivity contribution in [1.29, 1.82) is 0 Å². The Morgan fingerprint density at radius 3 is 2.82 bits per heavy atom. The van der Waals surface area contributed by atoms with Gasteiger partial charge in [0.25, 0.3) is 0 Å². The van der Waals surface area contributed by atoms with Gasteiger partial charge in [0.05, 0.1) is 6.20 Å². The Morgan fingerprint density at radius 1 is 1.45 bits per heavy atom. The molecule has 0 aliphatic carbocycles. The van der Waals surface area contributed by atoms with Crippen LogP contribution in [0, 0.1) is 0 Å². The van der Waals surface area contributed by atoms with Crippen molar-refractivity contribution in [2.45, 2.75) is 39.5 Å². The zero-order chi connectivity index (χ0) is 8.10. The molecule has 0 saturated carbocycles. The van der Waals surface area contributed by atoms with E-state index in [0.29, 0.717) is 0 Å². The molecular weight excluding hydrogens is 138 g/mol. The molecular formula is C9H15NO. The molecule has 0 N–H and O–H groups in total. The minimum atomic E-state index is 0.858. The molecule has 0 aromatic carbocycles. The topological polar surface area (TPSA) is 26.0 Å². The fourth-order valence-corrected chi connectivity index (χ4v) is 0.978. The minimum absolute atomic E-state index is 0.858. The van der Waals surface area contributed by atoms with Crippen molar-refractivity contribution in [3.8, 4) is 0 Å². The molecule has 0 saturated heterocycles. The van der Waals surface area contributed by atoms with Crippen molar-refractivity contribution in [2.24, 2.45) is 0 Å². The first-order chi connectivity index (χ1) is 5.36. The van der Waals surface area contributed by atoms with Crippen molar-refractivity contribution in [1.82, 2.24) is 4.98 Å². The standard InChI is InChI=1S/C9H15NO/c1-3-5-6-8-7-10-9(4-2)11-8/h7H,3-6H2,1-2H3. The molecule has 1 rings (SSSR count). The molecule has 0 spiro atoms. The summed E-state index contributed by atoms with van der Waals surface area (Å²) in [6, 6.07) is 0. The van der Waals surface area contributed by atoms with E-state index in [1.54, 1.807) is 0 Å². The van der Waals surface area contributed by atoms with E-state index in [1.807, 2.05) is 6.20 Å². The Labute approximate surface area is 67.6 Å². The largest absolute Gasteiger partial charge is 0.446 e. The summed E-state index contributed by atoms with van der Waals surface area (Å²) >= 11 is 0. The molecule has 0 fully saturated rings. The lowest BCUT2D eigenvalue weighted by atomic mass is 10.2. The van der Waals surface area contributed by atoms with Crippen molar-refractivity contribution in [2.75, 3.05) is 0 Å². The summed E-state index contributed by atoms with van der Waals surface area (Å²) in [5.41, 5.74) is 0. The summed E-state index contributed by atoms with van der Waals surface area (Å²) < 4.78 is 5.42. The zero-order valence-corrected chi connectivity index (χ0v) is 7.26. The Balaban J connectivity index is 2.44. The molecule has 0 atom stereocenters. The SMILES string of the molecule is CCCCc1cnc(CC)o1. The second kappa shape index (κ2) is 4.16. The van der Waals surface area contributed by atoms with Crippen molar-refractivity contribution in [3.05, 3.63) is 17.8 Å². The van der Waals surface area contributed by atoms with E-state index in [4.69, 9.17) is 4.42 Å². The normalized spacial score (nSPS) is 10.4. The van der Waals surface area contributed by atoms with Crippen LogP contribution in [0.1, 0.15) is 38.3 Å². The first-order valence-electron chi connectivity index (χ1n) is 4.30. The lowest BCUT2D eigenvalue weighted by Gasteiger charge is -1.90. The van der Waals surface area contributed by atoms with Crippen LogP contribution in [0.2, 0.25) is 0 Å². The van der Waals surface area contributed by atoms with E-state index in [0.717, 1.165) is 24.5 Å². The number of oxazole rings is 1. The molecule has 0 aliphatic heterocycles. The second-order valence-corrected chi connectivity index (χ2v) is 2.68. The van der Waals surface area contributed by atoms with Gasteiger partial charge in [-0.2, -0.15) is 0 Å². The average molecular weight is 153 g/mol. The lowest BCUT2D eigenvalue weighted by Crippen LogP contribution is -1.79. The van der Waals surface area contributed by atoms with Crippen molar-refractivity contribution >= 4 is 0 Å². The highest BCUT2D eigenvalue weighted by atomic mass is 16.4. The van der Waals surface area contributed by atoms with E-state index in [-0.39, 0.29) is 0 Å². The fourth-order valence-electron chi connectivity index (χ4n) is 0.978. The van der Waals surface area contributed by atoms with Gasteiger partial charge in [0, 0.05) is 12.8 Å². The van der Waals surface area contributed by atoms with Crippen LogP contribution in [-0.4, -0.2) is 4.98 Å². The summed E-state index contributed by atoms with van der Waals surface area (Å²) in [6.45, 7) is 4.23. The third kappa shape index (κ3) is 2.37. The summed E-state index contributed by atoms with van der Waals surface area (Å²) in [6.07, 6.45) is 6.17. The maximum absolute atomic E-state index is 5.42. The van der Waals surface area contributed by atoms with E-state index >= 15 is 0 Å². The van der Waals surface area contributed by atoms with Gasteiger partial charge >= 0.3 is 0 Å². The molecule has 1 aromatic heterocycles. The molecule has 2 heteroatoms. The maximum atomic E-state index is 5.42. The monoisotopic (exact) mass is 153 g/mol. The van der Waals surface area contributed by atoms with Crippen LogP contribution in [0.15, 0.2) is 10.6 Å². The number of rotatable bonds is 4. The van der Waals surface area contributed by atoms with Gasteiger partial charge in [-0.3, -0.25) is 0 Å². The van der Waals surface area contributed by atoms with Gasteiger partial charge in [-0.25, -0.2) is 4.98 Å². The number of aryl methyl sites for hydroxylation is 2. The molecule has 0 bridgehead atoms. The number of hydrogen-bond acceptors (Lipinski definition) is 2. The van der Waals surface area contributed by atoms with Crippen molar-refractivity contribution in [3.63, 3.8) is 0 Å². The smallest absolute Gasteiger partial charge is 0.194 e. The predicted molar refractivity (Wildman–Crippen MR) is 44.5 cm³/mol. The van der Waals surface area contributed by atoms with Crippen LogP contribution < -0.4 is 0 Å². The molecule has 62 valence electrons. The van der Waals surface area contributed by atoms with Crippen molar-refractivity contribution < 1.29 is 4.42 Å². The first-order valence-corrected chi connectivity index (χ1v) is 4.30. The summed E-state index contributed by atoms with van der Waals surface area (Å²) in [7, 11) is 0. The number of unbranched alkanes of at least 4 members (excludes halogenated alkanes) is 1. The van der Waals surface area contributed by atoms with Crippen LogP contribution in [0.4, 0.5) is 0 Å². The Kier molecular flexibility index (Phi) is 3.14. The van der Waals surface area contributed by atoms with Gasteiger partial charge in [0.15, 0.2) is 5.89 Å². The highest BCUT2D eigenvalue weighted by Gasteiger charge is 1.99. The van der Waals surface area contributed by atoms with E-state index in [1.165, 1.54) is 12.8 Å². The van der Waals surface area contributed by atoms with Crippen LogP contribution in [0.25, 0.3) is 0 Å². The maximum Gasteiger partial charge on any atom is 0.194 e. The second-order valence-electron chi connectivity index (χ2n) is 2.68. The summed E-state index contributed by atoms with van der Waals surface area (Å²) in [4.78, 5) is 4.12. The molecule has 0 aliphatic rings. The Morgan fingerprint density at radius 2 is 2.27 bits per heavy atom. The Hall–Kier alpha value is -0.790. The van der Waals surface area contributed by atoms with Gasteiger partial charge in [-0.15, -0.1) is 0 Å². The Bertz CT molecular complexity index is 205. The highest BCUT2D eigenvalue weighted by molar-refractivity contribution is 4.93. The molecule has 0 amide bonds. The fraction of sp³-hybridized carbons (Fsp3) is 0.667. The lowest BCUT2D eigenvalue weighted by molar-refractivity contribution is 0.454. The van der Waals surface area contributed by atoms with E-state index in [9.17, 15) is 0 Å². The average Bonchev–Trinajstić information content (AvgIpc) is 2.48.